The van der Waals surface area contributed by atoms with Gasteiger partial charge in [0.25, 0.3) is 0 Å². The Morgan fingerprint density at radius 1 is 1.39 bits per heavy atom. The first-order valence-corrected chi connectivity index (χ1v) is 8.08. The summed E-state index contributed by atoms with van der Waals surface area (Å²) in [6.07, 6.45) is 6.07. The van der Waals surface area contributed by atoms with Gasteiger partial charge in [-0.1, -0.05) is 11.6 Å². The van der Waals surface area contributed by atoms with Crippen molar-refractivity contribution in [2.24, 2.45) is 5.92 Å². The van der Waals surface area contributed by atoms with E-state index >= 15 is 0 Å². The molecule has 3 rings (SSSR count). The second-order valence-corrected chi connectivity index (χ2v) is 6.23. The molecule has 1 aliphatic carbocycles. The second-order valence-electron chi connectivity index (χ2n) is 5.79. The number of ether oxygens (including phenoxy) is 1. The maximum Gasteiger partial charge on any atom is 0.231 e. The van der Waals surface area contributed by atoms with Crippen LogP contribution in [0.4, 0.5) is 5.69 Å². The number of rotatable bonds is 6. The highest BCUT2D eigenvalue weighted by Crippen LogP contribution is 2.32. The van der Waals surface area contributed by atoms with Crippen molar-refractivity contribution in [1.82, 2.24) is 4.98 Å². The van der Waals surface area contributed by atoms with Crippen molar-refractivity contribution in [2.45, 2.75) is 19.3 Å². The molecule has 1 amide bonds. The van der Waals surface area contributed by atoms with Gasteiger partial charge in [-0.05, 0) is 49.1 Å². The minimum Gasteiger partial charge on any atom is -0.496 e. The molecular weight excluding hydrogens is 312 g/mol. The summed E-state index contributed by atoms with van der Waals surface area (Å²) in [4.78, 5) is 18.8. The minimum atomic E-state index is 0.0328. The quantitative estimate of drug-likeness (QED) is 0.810. The Kier molecular flexibility index (Phi) is 4.82. The third-order valence-corrected chi connectivity index (χ3v) is 4.22. The first-order valence-electron chi connectivity index (χ1n) is 7.70. The Labute approximate surface area is 141 Å². The Morgan fingerprint density at radius 2 is 2.22 bits per heavy atom. The van der Waals surface area contributed by atoms with Gasteiger partial charge in [0.15, 0.2) is 0 Å². The summed E-state index contributed by atoms with van der Waals surface area (Å²) in [5, 5.41) is 0.601. The average molecular weight is 331 g/mol. The summed E-state index contributed by atoms with van der Waals surface area (Å²) in [7, 11) is 1.60. The molecule has 1 saturated carbocycles. The van der Waals surface area contributed by atoms with Crippen molar-refractivity contribution >= 4 is 23.2 Å². The molecule has 0 aliphatic heterocycles. The molecule has 4 nitrogen and oxygen atoms in total. The van der Waals surface area contributed by atoms with Crippen LogP contribution >= 0.6 is 11.6 Å². The van der Waals surface area contributed by atoms with Gasteiger partial charge in [-0.25, -0.2) is 0 Å². The lowest BCUT2D eigenvalue weighted by Crippen LogP contribution is -2.34. The number of aromatic nitrogens is 1. The third kappa shape index (κ3) is 4.02. The van der Waals surface area contributed by atoms with Crippen LogP contribution in [0.1, 0.15) is 18.4 Å². The first-order chi connectivity index (χ1) is 11.2. The zero-order chi connectivity index (χ0) is 16.2. The molecule has 0 unspecified atom stereocenters. The molecule has 1 aliphatic rings. The van der Waals surface area contributed by atoms with Crippen molar-refractivity contribution in [3.8, 4) is 5.75 Å². The van der Waals surface area contributed by atoms with Crippen LogP contribution in [-0.4, -0.2) is 24.5 Å². The Hall–Kier alpha value is -2.07. The highest BCUT2D eigenvalue weighted by molar-refractivity contribution is 6.30. The molecule has 1 aromatic heterocycles. The topological polar surface area (TPSA) is 42.4 Å². The van der Waals surface area contributed by atoms with Crippen LogP contribution in [0, 0.1) is 5.92 Å². The Balaban J connectivity index is 1.82. The molecular formula is C18H19ClN2O2. The molecule has 120 valence electrons. The molecule has 1 aromatic carbocycles. The summed E-state index contributed by atoms with van der Waals surface area (Å²) in [5.41, 5.74) is 1.64. The second kappa shape index (κ2) is 7.01. The van der Waals surface area contributed by atoms with Gasteiger partial charge in [-0.2, -0.15) is 0 Å². The number of halogens is 1. The number of pyridine rings is 1. The van der Waals surface area contributed by atoms with E-state index in [-0.39, 0.29) is 12.3 Å². The highest BCUT2D eigenvalue weighted by atomic mass is 35.5. The molecule has 23 heavy (non-hydrogen) atoms. The zero-order valence-electron chi connectivity index (χ0n) is 13.0. The number of anilines is 1. The van der Waals surface area contributed by atoms with E-state index in [4.69, 9.17) is 16.3 Å². The van der Waals surface area contributed by atoms with Crippen molar-refractivity contribution in [3.05, 3.63) is 53.3 Å². The number of carbonyl (C=O) groups is 1. The first kappa shape index (κ1) is 15.8. The third-order valence-electron chi connectivity index (χ3n) is 3.98. The predicted octanol–water partition coefficient (Wildman–Crippen LogP) is 3.73. The number of amides is 1. The number of methoxy groups -OCH3 is 1. The van der Waals surface area contributed by atoms with Crippen LogP contribution in [0.2, 0.25) is 5.02 Å². The van der Waals surface area contributed by atoms with Gasteiger partial charge in [-0.15, -0.1) is 0 Å². The molecule has 1 heterocycles. The Bertz CT molecular complexity index is 687. The molecule has 0 bridgehead atoms. The van der Waals surface area contributed by atoms with Gasteiger partial charge >= 0.3 is 0 Å². The summed E-state index contributed by atoms with van der Waals surface area (Å²) in [6, 6.07) is 9.11. The van der Waals surface area contributed by atoms with E-state index in [1.165, 1.54) is 12.8 Å². The van der Waals surface area contributed by atoms with Gasteiger partial charge < -0.3 is 9.64 Å². The SMILES string of the molecule is COc1ccc(Cl)cc1CC(=O)N(CC1CC1)c1cccnc1. The van der Waals surface area contributed by atoms with Gasteiger partial charge in [-0.3, -0.25) is 9.78 Å². The number of carbonyl (C=O) groups excluding carboxylic acids is 1. The Morgan fingerprint density at radius 3 is 2.87 bits per heavy atom. The normalized spacial score (nSPS) is 13.7. The lowest BCUT2D eigenvalue weighted by atomic mass is 10.1. The molecule has 2 aromatic rings. The summed E-state index contributed by atoms with van der Waals surface area (Å²) >= 11 is 6.06. The van der Waals surface area contributed by atoms with Crippen LogP contribution in [0.15, 0.2) is 42.7 Å². The fourth-order valence-electron chi connectivity index (χ4n) is 2.57. The van der Waals surface area contributed by atoms with Crippen LogP contribution in [0.3, 0.4) is 0 Å². The zero-order valence-corrected chi connectivity index (χ0v) is 13.8. The number of benzene rings is 1. The van der Waals surface area contributed by atoms with E-state index in [1.54, 1.807) is 37.7 Å². The van der Waals surface area contributed by atoms with Crippen molar-refractivity contribution in [2.75, 3.05) is 18.6 Å². The minimum absolute atomic E-state index is 0.0328. The molecule has 5 heteroatoms. The maximum absolute atomic E-state index is 12.9. The van der Waals surface area contributed by atoms with Crippen LogP contribution < -0.4 is 9.64 Å². The number of hydrogen-bond donors (Lipinski definition) is 0. The lowest BCUT2D eigenvalue weighted by Gasteiger charge is -2.23. The number of hydrogen-bond acceptors (Lipinski definition) is 3. The van der Waals surface area contributed by atoms with Crippen LogP contribution in [-0.2, 0) is 11.2 Å². The van der Waals surface area contributed by atoms with Gasteiger partial charge in [0.05, 0.1) is 25.4 Å². The van der Waals surface area contributed by atoms with E-state index in [2.05, 4.69) is 4.98 Å². The molecule has 0 N–H and O–H groups in total. The van der Waals surface area contributed by atoms with E-state index < -0.39 is 0 Å². The van der Waals surface area contributed by atoms with E-state index in [0.29, 0.717) is 16.7 Å². The number of nitrogens with zero attached hydrogens (tertiary/aromatic N) is 2. The summed E-state index contributed by atoms with van der Waals surface area (Å²) < 4.78 is 5.34. The van der Waals surface area contributed by atoms with Gasteiger partial charge in [0.2, 0.25) is 5.91 Å². The molecule has 1 fully saturated rings. The van der Waals surface area contributed by atoms with E-state index in [1.807, 2.05) is 17.0 Å². The van der Waals surface area contributed by atoms with Crippen molar-refractivity contribution < 1.29 is 9.53 Å². The fraction of sp³-hybridized carbons (Fsp3) is 0.333. The fourth-order valence-corrected chi connectivity index (χ4v) is 2.76. The molecule has 0 spiro atoms. The van der Waals surface area contributed by atoms with Crippen LogP contribution in [0.5, 0.6) is 5.75 Å². The summed E-state index contributed by atoms with van der Waals surface area (Å²) in [5.74, 6) is 1.31. The highest BCUT2D eigenvalue weighted by Gasteiger charge is 2.28. The average Bonchev–Trinajstić information content (AvgIpc) is 3.38. The molecule has 0 atom stereocenters. The van der Waals surface area contributed by atoms with E-state index in [0.717, 1.165) is 17.8 Å². The van der Waals surface area contributed by atoms with E-state index in [9.17, 15) is 4.79 Å². The maximum atomic E-state index is 12.9. The van der Waals surface area contributed by atoms with Gasteiger partial charge in [0, 0.05) is 23.3 Å². The summed E-state index contributed by atoms with van der Waals surface area (Å²) in [6.45, 7) is 0.743. The lowest BCUT2D eigenvalue weighted by molar-refractivity contribution is -0.118. The largest absolute Gasteiger partial charge is 0.496 e. The van der Waals surface area contributed by atoms with Crippen molar-refractivity contribution in [3.63, 3.8) is 0 Å². The van der Waals surface area contributed by atoms with Crippen LogP contribution in [0.25, 0.3) is 0 Å². The monoisotopic (exact) mass is 330 g/mol. The smallest absolute Gasteiger partial charge is 0.231 e. The van der Waals surface area contributed by atoms with Crippen molar-refractivity contribution in [1.29, 1.82) is 0 Å². The molecule has 0 saturated heterocycles. The van der Waals surface area contributed by atoms with Gasteiger partial charge in [0.1, 0.15) is 5.75 Å². The predicted molar refractivity (Wildman–Crippen MR) is 91.0 cm³/mol. The standard InChI is InChI=1S/C18H19ClN2O2/c1-23-17-7-6-15(19)9-14(17)10-18(22)21(12-13-4-5-13)16-3-2-8-20-11-16/h2-3,6-9,11,13H,4-5,10,12H2,1H3. The molecule has 0 radical (unpaired) electrons.